The van der Waals surface area contributed by atoms with E-state index in [2.05, 4.69) is 17.6 Å². The summed E-state index contributed by atoms with van der Waals surface area (Å²) >= 11 is 0. The first-order valence-electron chi connectivity index (χ1n) is 7.78. The van der Waals surface area contributed by atoms with Gasteiger partial charge in [0.25, 0.3) is 0 Å². The lowest BCUT2D eigenvalue weighted by molar-refractivity contribution is -0.126. The molecule has 2 atom stereocenters. The average Bonchev–Trinajstić information content (AvgIpc) is 2.68. The Hall–Kier alpha value is -0.570. The van der Waals surface area contributed by atoms with Crippen LogP contribution in [0.1, 0.15) is 58.3 Å². The Morgan fingerprint density at radius 3 is 2.44 bits per heavy atom. The van der Waals surface area contributed by atoms with Crippen molar-refractivity contribution in [3.63, 3.8) is 0 Å². The molecule has 2 N–H and O–H groups in total. The number of hydrogen-bond donors (Lipinski definition) is 2. The molecule has 1 unspecified atom stereocenters. The maximum Gasteiger partial charge on any atom is 0.224 e. The first-order chi connectivity index (χ1) is 8.77. The molecule has 0 spiro atoms. The van der Waals surface area contributed by atoms with Crippen LogP contribution < -0.4 is 10.6 Å². The molecule has 1 amide bonds. The number of hydrogen-bond acceptors (Lipinski definition) is 2. The van der Waals surface area contributed by atoms with Gasteiger partial charge in [-0.05, 0) is 45.1 Å². The van der Waals surface area contributed by atoms with E-state index in [-0.39, 0.29) is 11.8 Å². The fraction of sp³-hybridized carbons (Fsp3) is 0.933. The number of carbonyl (C=O) groups is 1. The van der Waals surface area contributed by atoms with E-state index in [1.807, 2.05) is 0 Å². The van der Waals surface area contributed by atoms with Gasteiger partial charge in [-0.15, -0.1) is 0 Å². The van der Waals surface area contributed by atoms with E-state index in [0.29, 0.717) is 12.0 Å². The maximum atomic E-state index is 12.2. The molecule has 2 aliphatic rings. The molecule has 1 aliphatic heterocycles. The summed E-state index contributed by atoms with van der Waals surface area (Å²) in [5.41, 5.74) is 0. The van der Waals surface area contributed by atoms with Gasteiger partial charge in [0.2, 0.25) is 5.91 Å². The number of piperidine rings is 1. The molecule has 1 saturated carbocycles. The van der Waals surface area contributed by atoms with Crippen LogP contribution in [-0.2, 0) is 4.79 Å². The Kier molecular flexibility index (Phi) is 5.48. The van der Waals surface area contributed by atoms with Gasteiger partial charge in [0.1, 0.15) is 0 Å². The predicted octanol–water partition coefficient (Wildman–Crippen LogP) is 2.46. The van der Waals surface area contributed by atoms with Crippen LogP contribution in [0.3, 0.4) is 0 Å². The molecule has 0 aromatic heterocycles. The largest absolute Gasteiger partial charge is 0.353 e. The van der Waals surface area contributed by atoms with E-state index in [1.54, 1.807) is 0 Å². The lowest BCUT2D eigenvalue weighted by Gasteiger charge is -2.27. The fourth-order valence-corrected chi connectivity index (χ4v) is 3.35. The standard InChI is InChI=1S/C15H28N2O/c1-12(13-7-4-2-3-5-8-13)17-15(18)14-9-6-10-16-11-14/h12-14,16H,2-11H2,1H3,(H,17,18)/t12-,14?/m0/s1. The molecule has 3 nitrogen and oxygen atoms in total. The summed E-state index contributed by atoms with van der Waals surface area (Å²) in [7, 11) is 0. The number of amides is 1. The van der Waals surface area contributed by atoms with Crippen LogP contribution in [0.15, 0.2) is 0 Å². The third-order valence-corrected chi connectivity index (χ3v) is 4.64. The van der Waals surface area contributed by atoms with Crippen molar-refractivity contribution < 1.29 is 4.79 Å². The second-order valence-electron chi connectivity index (χ2n) is 6.09. The van der Waals surface area contributed by atoms with Crippen molar-refractivity contribution in [1.82, 2.24) is 10.6 Å². The Balaban J connectivity index is 1.77. The monoisotopic (exact) mass is 252 g/mol. The fourth-order valence-electron chi connectivity index (χ4n) is 3.35. The molecule has 18 heavy (non-hydrogen) atoms. The Labute approximate surface area is 111 Å². The van der Waals surface area contributed by atoms with Crippen LogP contribution in [0.25, 0.3) is 0 Å². The van der Waals surface area contributed by atoms with Gasteiger partial charge >= 0.3 is 0 Å². The van der Waals surface area contributed by atoms with E-state index >= 15 is 0 Å². The van der Waals surface area contributed by atoms with Gasteiger partial charge in [0, 0.05) is 12.6 Å². The minimum Gasteiger partial charge on any atom is -0.353 e. The van der Waals surface area contributed by atoms with Gasteiger partial charge in [-0.2, -0.15) is 0 Å². The van der Waals surface area contributed by atoms with E-state index < -0.39 is 0 Å². The molecule has 104 valence electrons. The molecule has 0 bridgehead atoms. The van der Waals surface area contributed by atoms with E-state index in [1.165, 1.54) is 38.5 Å². The zero-order valence-corrected chi connectivity index (χ0v) is 11.7. The Morgan fingerprint density at radius 2 is 1.83 bits per heavy atom. The average molecular weight is 252 g/mol. The minimum atomic E-state index is 0.201. The molecule has 2 rings (SSSR count). The van der Waals surface area contributed by atoms with Crippen LogP contribution in [0.2, 0.25) is 0 Å². The molecule has 2 fully saturated rings. The van der Waals surface area contributed by atoms with Crippen molar-refractivity contribution >= 4 is 5.91 Å². The maximum absolute atomic E-state index is 12.2. The SMILES string of the molecule is C[C@H](NC(=O)C1CCCNC1)C1CCCCCC1. The van der Waals surface area contributed by atoms with Crippen LogP contribution in [0.4, 0.5) is 0 Å². The van der Waals surface area contributed by atoms with Gasteiger partial charge < -0.3 is 10.6 Å². The van der Waals surface area contributed by atoms with Crippen LogP contribution >= 0.6 is 0 Å². The second kappa shape index (κ2) is 7.13. The van der Waals surface area contributed by atoms with E-state index in [9.17, 15) is 4.79 Å². The van der Waals surface area contributed by atoms with E-state index in [0.717, 1.165) is 25.9 Å². The summed E-state index contributed by atoms with van der Waals surface area (Å²) in [5.74, 6) is 1.18. The molecule has 3 heteroatoms. The summed E-state index contributed by atoms with van der Waals surface area (Å²) in [6.45, 7) is 4.13. The van der Waals surface area contributed by atoms with Gasteiger partial charge in [-0.3, -0.25) is 4.79 Å². The number of nitrogens with one attached hydrogen (secondary N) is 2. The highest BCUT2D eigenvalue weighted by Gasteiger charge is 2.25. The molecular weight excluding hydrogens is 224 g/mol. The summed E-state index contributed by atoms with van der Waals surface area (Å²) in [6.07, 6.45) is 10.2. The summed E-state index contributed by atoms with van der Waals surface area (Å²) in [4.78, 5) is 12.2. The van der Waals surface area contributed by atoms with Gasteiger partial charge in [0.05, 0.1) is 5.92 Å². The lowest BCUT2D eigenvalue weighted by Crippen LogP contribution is -2.45. The number of rotatable bonds is 3. The van der Waals surface area contributed by atoms with Crippen molar-refractivity contribution in [2.45, 2.75) is 64.3 Å². The summed E-state index contributed by atoms with van der Waals surface area (Å²) in [6, 6.07) is 0.359. The molecule has 0 aromatic carbocycles. The van der Waals surface area contributed by atoms with Crippen molar-refractivity contribution in [1.29, 1.82) is 0 Å². The zero-order chi connectivity index (χ0) is 12.8. The molecular formula is C15H28N2O. The zero-order valence-electron chi connectivity index (χ0n) is 11.7. The Morgan fingerprint density at radius 1 is 1.11 bits per heavy atom. The van der Waals surface area contributed by atoms with Gasteiger partial charge in [-0.25, -0.2) is 0 Å². The Bertz CT molecular complexity index is 253. The van der Waals surface area contributed by atoms with E-state index in [4.69, 9.17) is 0 Å². The molecule has 1 aliphatic carbocycles. The summed E-state index contributed by atoms with van der Waals surface area (Å²) < 4.78 is 0. The first-order valence-corrected chi connectivity index (χ1v) is 7.78. The van der Waals surface area contributed by atoms with Crippen LogP contribution in [-0.4, -0.2) is 25.0 Å². The van der Waals surface area contributed by atoms with Crippen LogP contribution in [0, 0.1) is 11.8 Å². The smallest absolute Gasteiger partial charge is 0.224 e. The van der Waals surface area contributed by atoms with Gasteiger partial charge in [0.15, 0.2) is 0 Å². The normalized spacial score (nSPS) is 28.4. The van der Waals surface area contributed by atoms with Crippen molar-refractivity contribution in [2.75, 3.05) is 13.1 Å². The number of carbonyl (C=O) groups excluding carboxylic acids is 1. The minimum absolute atomic E-state index is 0.201. The molecule has 1 saturated heterocycles. The molecule has 1 heterocycles. The topological polar surface area (TPSA) is 41.1 Å². The van der Waals surface area contributed by atoms with Crippen LogP contribution in [0.5, 0.6) is 0 Å². The van der Waals surface area contributed by atoms with Crippen molar-refractivity contribution in [2.24, 2.45) is 11.8 Å². The molecule has 0 radical (unpaired) electrons. The lowest BCUT2D eigenvalue weighted by atomic mass is 9.91. The predicted molar refractivity (Wildman–Crippen MR) is 74.4 cm³/mol. The summed E-state index contributed by atoms with van der Waals surface area (Å²) in [5, 5.41) is 6.59. The van der Waals surface area contributed by atoms with Crippen molar-refractivity contribution in [3.05, 3.63) is 0 Å². The highest BCUT2D eigenvalue weighted by atomic mass is 16.2. The third kappa shape index (κ3) is 3.98. The third-order valence-electron chi connectivity index (χ3n) is 4.64. The first kappa shape index (κ1) is 13.9. The highest BCUT2D eigenvalue weighted by molar-refractivity contribution is 5.79. The second-order valence-corrected chi connectivity index (χ2v) is 6.09. The molecule has 0 aromatic rings. The van der Waals surface area contributed by atoms with Gasteiger partial charge in [-0.1, -0.05) is 25.7 Å². The van der Waals surface area contributed by atoms with Crippen molar-refractivity contribution in [3.8, 4) is 0 Å². The quantitative estimate of drug-likeness (QED) is 0.758. The highest BCUT2D eigenvalue weighted by Crippen LogP contribution is 2.25.